The summed E-state index contributed by atoms with van der Waals surface area (Å²) in [4.78, 5) is 7.51. The maximum absolute atomic E-state index is 5.77. The summed E-state index contributed by atoms with van der Waals surface area (Å²) in [5, 5.41) is 3.54. The maximum Gasteiger partial charge on any atom is 0.132 e. The van der Waals surface area contributed by atoms with Gasteiger partial charge in [0.05, 0.1) is 6.10 Å². The van der Waals surface area contributed by atoms with E-state index in [9.17, 15) is 0 Å². The Bertz CT molecular complexity index is 555. The van der Waals surface area contributed by atoms with Crippen molar-refractivity contribution in [2.75, 3.05) is 25.1 Å². The van der Waals surface area contributed by atoms with Crippen LogP contribution in [-0.2, 0) is 11.2 Å². The second kappa shape index (κ2) is 4.96. The number of aromatic nitrogens is 1. The number of fused-ring (bicyclic) bond motifs is 3. The molecule has 4 rings (SSSR count). The van der Waals surface area contributed by atoms with Gasteiger partial charge in [-0.3, -0.25) is 0 Å². The predicted octanol–water partition coefficient (Wildman–Crippen LogP) is 2.21. The van der Waals surface area contributed by atoms with Crippen LogP contribution in [0.1, 0.15) is 42.7 Å². The lowest BCUT2D eigenvalue weighted by Crippen LogP contribution is -2.55. The molecule has 1 aliphatic carbocycles. The molecule has 1 saturated carbocycles. The number of hydrogen-bond acceptors (Lipinski definition) is 4. The van der Waals surface area contributed by atoms with Gasteiger partial charge in [-0.15, -0.1) is 0 Å². The standard InChI is InChI=1S/C17H25N3O/c1-10-8-18-9-14-6-13-7-15(16(21-3)12-4-5-12)11(2)19-17(13)20(10)14/h7,10,12,14,16,18H,4-6,8-9H2,1-3H3/t10-,14-,16?/m1/s1. The van der Waals surface area contributed by atoms with Crippen molar-refractivity contribution in [3.8, 4) is 0 Å². The summed E-state index contributed by atoms with van der Waals surface area (Å²) < 4.78 is 5.77. The highest BCUT2D eigenvalue weighted by atomic mass is 16.5. The minimum absolute atomic E-state index is 0.246. The largest absolute Gasteiger partial charge is 0.376 e. The number of hydrogen-bond donors (Lipinski definition) is 1. The molecule has 3 aliphatic rings. The van der Waals surface area contributed by atoms with Crippen molar-refractivity contribution in [3.05, 3.63) is 22.9 Å². The van der Waals surface area contributed by atoms with Crippen molar-refractivity contribution in [3.63, 3.8) is 0 Å². The van der Waals surface area contributed by atoms with E-state index in [2.05, 4.69) is 30.1 Å². The molecule has 1 aromatic heterocycles. The van der Waals surface area contributed by atoms with Gasteiger partial charge in [0.1, 0.15) is 5.82 Å². The predicted molar refractivity (Wildman–Crippen MR) is 83.8 cm³/mol. The number of ether oxygens (including phenoxy) is 1. The Balaban J connectivity index is 1.72. The van der Waals surface area contributed by atoms with Gasteiger partial charge in [-0.2, -0.15) is 0 Å². The first kappa shape index (κ1) is 13.5. The van der Waals surface area contributed by atoms with Gasteiger partial charge in [0.15, 0.2) is 0 Å². The van der Waals surface area contributed by atoms with Gasteiger partial charge in [0.2, 0.25) is 0 Å². The molecule has 2 aliphatic heterocycles. The highest BCUT2D eigenvalue weighted by molar-refractivity contribution is 5.57. The van der Waals surface area contributed by atoms with Gasteiger partial charge in [-0.05, 0) is 50.7 Å². The van der Waals surface area contributed by atoms with E-state index in [-0.39, 0.29) is 6.10 Å². The third kappa shape index (κ3) is 2.16. The molecule has 0 amide bonds. The van der Waals surface area contributed by atoms with E-state index in [4.69, 9.17) is 9.72 Å². The third-order valence-electron chi connectivity index (χ3n) is 5.31. The fraction of sp³-hybridized carbons (Fsp3) is 0.706. The van der Waals surface area contributed by atoms with E-state index in [0.717, 1.165) is 25.2 Å². The van der Waals surface area contributed by atoms with Gasteiger partial charge in [-0.1, -0.05) is 0 Å². The zero-order chi connectivity index (χ0) is 14.6. The summed E-state index contributed by atoms with van der Waals surface area (Å²) in [5.41, 5.74) is 3.89. The second-order valence-electron chi connectivity index (χ2n) is 6.91. The summed E-state index contributed by atoms with van der Waals surface area (Å²) in [6.45, 7) is 6.57. The molecule has 4 heteroatoms. The molecule has 0 bridgehead atoms. The van der Waals surface area contributed by atoms with E-state index in [1.54, 1.807) is 0 Å². The first-order valence-corrected chi connectivity index (χ1v) is 8.21. The van der Waals surface area contributed by atoms with Gasteiger partial charge in [0, 0.05) is 43.5 Å². The van der Waals surface area contributed by atoms with Crippen molar-refractivity contribution >= 4 is 5.82 Å². The summed E-state index contributed by atoms with van der Waals surface area (Å²) in [6.07, 6.45) is 3.96. The number of anilines is 1. The number of aryl methyl sites for hydroxylation is 1. The van der Waals surface area contributed by atoms with Crippen molar-refractivity contribution in [2.45, 2.75) is 51.3 Å². The van der Waals surface area contributed by atoms with Gasteiger partial charge in [-0.25, -0.2) is 4.98 Å². The van der Waals surface area contributed by atoms with Crippen LogP contribution in [0.5, 0.6) is 0 Å². The Morgan fingerprint density at radius 2 is 2.19 bits per heavy atom. The minimum atomic E-state index is 0.246. The smallest absolute Gasteiger partial charge is 0.132 e. The molecular weight excluding hydrogens is 262 g/mol. The van der Waals surface area contributed by atoms with E-state index in [1.807, 2.05) is 7.11 Å². The molecule has 2 fully saturated rings. The van der Waals surface area contributed by atoms with Crippen LogP contribution >= 0.6 is 0 Å². The summed E-state index contributed by atoms with van der Waals surface area (Å²) >= 11 is 0. The second-order valence-corrected chi connectivity index (χ2v) is 6.91. The number of rotatable bonds is 3. The molecule has 0 spiro atoms. The molecule has 21 heavy (non-hydrogen) atoms. The first-order chi connectivity index (χ1) is 10.2. The summed E-state index contributed by atoms with van der Waals surface area (Å²) in [6, 6.07) is 3.49. The van der Waals surface area contributed by atoms with Crippen LogP contribution in [0.3, 0.4) is 0 Å². The molecule has 0 radical (unpaired) electrons. The Morgan fingerprint density at radius 3 is 2.90 bits per heavy atom. The van der Waals surface area contributed by atoms with Gasteiger partial charge >= 0.3 is 0 Å². The molecule has 0 aromatic carbocycles. The van der Waals surface area contributed by atoms with Crippen molar-refractivity contribution in [1.82, 2.24) is 10.3 Å². The van der Waals surface area contributed by atoms with Crippen LogP contribution in [0, 0.1) is 12.8 Å². The monoisotopic (exact) mass is 287 g/mol. The highest BCUT2D eigenvalue weighted by Gasteiger charge is 2.39. The average molecular weight is 287 g/mol. The minimum Gasteiger partial charge on any atom is -0.376 e. The highest BCUT2D eigenvalue weighted by Crippen LogP contribution is 2.45. The normalized spacial score (nSPS) is 29.2. The molecule has 1 saturated heterocycles. The molecule has 1 aromatic rings. The molecular formula is C17H25N3O. The molecule has 114 valence electrons. The van der Waals surface area contributed by atoms with Crippen LogP contribution < -0.4 is 10.2 Å². The Kier molecular flexibility index (Phi) is 3.19. The summed E-state index contributed by atoms with van der Waals surface area (Å²) in [7, 11) is 1.84. The zero-order valence-electron chi connectivity index (χ0n) is 13.2. The topological polar surface area (TPSA) is 37.4 Å². The van der Waals surface area contributed by atoms with E-state index in [0.29, 0.717) is 18.0 Å². The first-order valence-electron chi connectivity index (χ1n) is 8.21. The number of pyridine rings is 1. The van der Waals surface area contributed by atoms with Crippen LogP contribution in [0.25, 0.3) is 0 Å². The molecule has 4 nitrogen and oxygen atoms in total. The third-order valence-corrected chi connectivity index (χ3v) is 5.31. The van der Waals surface area contributed by atoms with Crippen molar-refractivity contribution < 1.29 is 4.74 Å². The summed E-state index contributed by atoms with van der Waals surface area (Å²) in [5.74, 6) is 1.93. The zero-order valence-corrected chi connectivity index (χ0v) is 13.2. The van der Waals surface area contributed by atoms with Gasteiger partial charge in [0.25, 0.3) is 0 Å². The Labute approximate surface area is 126 Å². The van der Waals surface area contributed by atoms with Crippen LogP contribution in [0.2, 0.25) is 0 Å². The van der Waals surface area contributed by atoms with Gasteiger partial charge < -0.3 is 15.0 Å². The quantitative estimate of drug-likeness (QED) is 0.925. The van der Waals surface area contributed by atoms with E-state index >= 15 is 0 Å². The fourth-order valence-corrected chi connectivity index (χ4v) is 4.11. The van der Waals surface area contributed by atoms with E-state index in [1.165, 1.54) is 29.8 Å². The van der Waals surface area contributed by atoms with Crippen LogP contribution in [0.15, 0.2) is 6.07 Å². The maximum atomic E-state index is 5.77. The molecule has 3 atom stereocenters. The Hall–Kier alpha value is -1.13. The molecule has 3 heterocycles. The number of nitrogens with one attached hydrogen (secondary N) is 1. The van der Waals surface area contributed by atoms with Crippen LogP contribution in [-0.4, -0.2) is 37.3 Å². The average Bonchev–Trinajstić information content (AvgIpc) is 3.22. The lowest BCUT2D eigenvalue weighted by atomic mass is 10.0. The number of nitrogens with zero attached hydrogens (tertiary/aromatic N) is 2. The fourth-order valence-electron chi connectivity index (χ4n) is 4.11. The Morgan fingerprint density at radius 1 is 1.38 bits per heavy atom. The number of piperazine rings is 1. The van der Waals surface area contributed by atoms with Crippen molar-refractivity contribution in [1.29, 1.82) is 0 Å². The van der Waals surface area contributed by atoms with E-state index < -0.39 is 0 Å². The van der Waals surface area contributed by atoms with Crippen LogP contribution in [0.4, 0.5) is 5.82 Å². The molecule has 1 unspecified atom stereocenters. The SMILES string of the molecule is COC(c1cc2c(nc1C)N1[C@@H](CNC[C@H]1C)C2)C1CC1. The lowest BCUT2D eigenvalue weighted by molar-refractivity contribution is 0.0837. The lowest BCUT2D eigenvalue weighted by Gasteiger charge is -2.37. The number of methoxy groups -OCH3 is 1. The van der Waals surface area contributed by atoms with Crippen molar-refractivity contribution in [2.24, 2.45) is 5.92 Å². The molecule has 1 N–H and O–H groups in total.